The summed E-state index contributed by atoms with van der Waals surface area (Å²) in [6, 6.07) is 12.6. The highest BCUT2D eigenvalue weighted by atomic mass is 16.5. The molecule has 1 atom stereocenters. The van der Waals surface area contributed by atoms with Gasteiger partial charge in [0.15, 0.2) is 0 Å². The number of nitrogens with zero attached hydrogens (tertiary/aromatic N) is 4. The van der Waals surface area contributed by atoms with Crippen molar-refractivity contribution in [1.29, 1.82) is 15.8 Å². The van der Waals surface area contributed by atoms with Gasteiger partial charge in [-0.25, -0.2) is 0 Å². The van der Waals surface area contributed by atoms with Crippen LogP contribution in [-0.4, -0.2) is 12.1 Å². The molecule has 2 heterocycles. The zero-order valence-electron chi connectivity index (χ0n) is 12.6. The number of fused-ring (bicyclic) bond motifs is 2. The van der Waals surface area contributed by atoms with Crippen molar-refractivity contribution in [2.45, 2.75) is 5.92 Å². The maximum Gasteiger partial charge on any atom is 0.225 e. The molecule has 0 aliphatic carbocycles. The van der Waals surface area contributed by atoms with Gasteiger partial charge in [-0.15, -0.1) is 0 Å². The predicted molar refractivity (Wildman–Crippen MR) is 83.0 cm³/mol. The Bertz CT molecular complexity index is 935. The number of rotatable bonds is 2. The molecule has 0 fully saturated rings. The molecule has 1 unspecified atom stereocenters. The van der Waals surface area contributed by atoms with E-state index in [0.29, 0.717) is 22.6 Å². The lowest BCUT2D eigenvalue weighted by Crippen LogP contribution is -2.19. The number of pyridine rings is 1. The highest BCUT2D eigenvalue weighted by molar-refractivity contribution is 5.60. The van der Waals surface area contributed by atoms with E-state index in [1.54, 1.807) is 18.2 Å². The summed E-state index contributed by atoms with van der Waals surface area (Å²) in [5, 5.41) is 27.9. The Balaban J connectivity index is 2.27. The van der Waals surface area contributed by atoms with Crippen LogP contribution in [0.5, 0.6) is 17.4 Å². The molecule has 0 spiro atoms. The lowest BCUT2D eigenvalue weighted by atomic mass is 9.80. The number of nitrogens with two attached hydrogens (primary N) is 1. The standard InChI is InChI=1S/C17H11N5O2/c1-23-11-2-3-12-14(5-11)24-17-13(15(12)10(7-19)8-20)4-9(6-18)16(21)22-17/h2-5,10,15H,1H3,(H2,21,22). The van der Waals surface area contributed by atoms with Gasteiger partial charge < -0.3 is 15.2 Å². The topological polar surface area (TPSA) is 129 Å². The predicted octanol–water partition coefficient (Wildman–Crippen LogP) is 2.45. The fraction of sp³-hybridized carbons (Fsp3) is 0.176. The van der Waals surface area contributed by atoms with E-state index in [9.17, 15) is 10.5 Å². The first kappa shape index (κ1) is 15.1. The number of hydrogen-bond acceptors (Lipinski definition) is 7. The van der Waals surface area contributed by atoms with Crippen LogP contribution in [-0.2, 0) is 0 Å². The summed E-state index contributed by atoms with van der Waals surface area (Å²) in [6.45, 7) is 0. The molecule has 1 aliphatic heterocycles. The largest absolute Gasteiger partial charge is 0.497 e. The second kappa shape index (κ2) is 5.79. The van der Waals surface area contributed by atoms with Gasteiger partial charge in [0, 0.05) is 23.1 Å². The smallest absolute Gasteiger partial charge is 0.225 e. The van der Waals surface area contributed by atoms with E-state index in [2.05, 4.69) is 4.98 Å². The molecular formula is C17H11N5O2. The van der Waals surface area contributed by atoms with Crippen molar-refractivity contribution in [3.63, 3.8) is 0 Å². The third-order valence-corrected chi connectivity index (χ3v) is 3.87. The van der Waals surface area contributed by atoms with Crippen LogP contribution in [0.4, 0.5) is 5.82 Å². The molecule has 1 aromatic carbocycles. The zero-order valence-corrected chi connectivity index (χ0v) is 12.6. The Morgan fingerprint density at radius 3 is 2.58 bits per heavy atom. The van der Waals surface area contributed by atoms with Gasteiger partial charge in [0.05, 0.1) is 24.8 Å². The van der Waals surface area contributed by atoms with Crippen LogP contribution in [0.3, 0.4) is 0 Å². The summed E-state index contributed by atoms with van der Waals surface area (Å²) in [7, 11) is 1.53. The Morgan fingerprint density at radius 1 is 1.21 bits per heavy atom. The Kier molecular flexibility index (Phi) is 3.66. The number of anilines is 1. The maximum atomic E-state index is 9.36. The van der Waals surface area contributed by atoms with E-state index in [-0.39, 0.29) is 17.3 Å². The Labute approximate surface area is 138 Å². The van der Waals surface area contributed by atoms with Gasteiger partial charge in [-0.1, -0.05) is 6.07 Å². The number of methoxy groups -OCH3 is 1. The summed E-state index contributed by atoms with van der Waals surface area (Å²) in [5.74, 6) is -0.317. The molecule has 7 nitrogen and oxygen atoms in total. The van der Waals surface area contributed by atoms with Gasteiger partial charge in [-0.05, 0) is 12.1 Å². The molecule has 3 rings (SSSR count). The Hall–Kier alpha value is -3.76. The van der Waals surface area contributed by atoms with Crippen molar-refractivity contribution < 1.29 is 9.47 Å². The molecule has 1 aliphatic rings. The number of nitriles is 3. The van der Waals surface area contributed by atoms with Gasteiger partial charge in [0.2, 0.25) is 5.88 Å². The van der Waals surface area contributed by atoms with Crippen molar-refractivity contribution in [2.24, 2.45) is 5.92 Å². The monoisotopic (exact) mass is 317 g/mol. The van der Waals surface area contributed by atoms with Crippen LogP contribution in [0.25, 0.3) is 0 Å². The van der Waals surface area contributed by atoms with E-state index in [1.165, 1.54) is 13.2 Å². The van der Waals surface area contributed by atoms with Crippen LogP contribution in [0.1, 0.15) is 22.6 Å². The highest BCUT2D eigenvalue weighted by Crippen LogP contribution is 2.48. The molecule has 0 saturated heterocycles. The van der Waals surface area contributed by atoms with Crippen molar-refractivity contribution in [2.75, 3.05) is 12.8 Å². The highest BCUT2D eigenvalue weighted by Gasteiger charge is 2.35. The van der Waals surface area contributed by atoms with Crippen molar-refractivity contribution in [1.82, 2.24) is 4.98 Å². The number of hydrogen-bond donors (Lipinski definition) is 1. The molecular weight excluding hydrogens is 306 g/mol. The molecule has 7 heteroatoms. The van der Waals surface area contributed by atoms with E-state index in [0.717, 1.165) is 0 Å². The first-order valence-electron chi connectivity index (χ1n) is 6.98. The van der Waals surface area contributed by atoms with Gasteiger partial charge in [-0.3, -0.25) is 0 Å². The number of ether oxygens (including phenoxy) is 2. The Morgan fingerprint density at radius 2 is 1.96 bits per heavy atom. The number of nitrogen functional groups attached to an aromatic ring is 1. The molecule has 116 valence electrons. The third-order valence-electron chi connectivity index (χ3n) is 3.87. The fourth-order valence-corrected chi connectivity index (χ4v) is 2.72. The fourth-order valence-electron chi connectivity index (χ4n) is 2.72. The lowest BCUT2D eigenvalue weighted by Gasteiger charge is -2.28. The molecule has 2 aromatic rings. The summed E-state index contributed by atoms with van der Waals surface area (Å²) in [6.07, 6.45) is 0. The van der Waals surface area contributed by atoms with E-state index < -0.39 is 11.8 Å². The lowest BCUT2D eigenvalue weighted by molar-refractivity contribution is 0.396. The van der Waals surface area contributed by atoms with Gasteiger partial charge in [0.1, 0.15) is 29.3 Å². The van der Waals surface area contributed by atoms with E-state index in [1.807, 2.05) is 18.2 Å². The summed E-state index contributed by atoms with van der Waals surface area (Å²) in [5.41, 5.74) is 7.08. The average molecular weight is 317 g/mol. The first-order chi connectivity index (χ1) is 11.6. The second-order valence-corrected chi connectivity index (χ2v) is 5.15. The summed E-state index contributed by atoms with van der Waals surface area (Å²) < 4.78 is 10.9. The molecule has 0 saturated carbocycles. The number of aromatic nitrogens is 1. The van der Waals surface area contributed by atoms with Crippen LogP contribution in [0.15, 0.2) is 24.3 Å². The molecule has 0 radical (unpaired) electrons. The van der Waals surface area contributed by atoms with Crippen LogP contribution in [0, 0.1) is 39.9 Å². The van der Waals surface area contributed by atoms with Crippen molar-refractivity contribution >= 4 is 5.82 Å². The molecule has 2 N–H and O–H groups in total. The molecule has 0 amide bonds. The van der Waals surface area contributed by atoms with Crippen molar-refractivity contribution in [3.8, 4) is 35.6 Å². The van der Waals surface area contributed by atoms with Crippen LogP contribution >= 0.6 is 0 Å². The second-order valence-electron chi connectivity index (χ2n) is 5.15. The van der Waals surface area contributed by atoms with E-state index >= 15 is 0 Å². The molecule has 0 bridgehead atoms. The van der Waals surface area contributed by atoms with Crippen molar-refractivity contribution in [3.05, 3.63) is 41.0 Å². The zero-order chi connectivity index (χ0) is 17.3. The van der Waals surface area contributed by atoms with E-state index in [4.69, 9.17) is 20.5 Å². The summed E-state index contributed by atoms with van der Waals surface area (Å²) >= 11 is 0. The number of benzene rings is 1. The molecule has 24 heavy (non-hydrogen) atoms. The quantitative estimate of drug-likeness (QED) is 0.900. The average Bonchev–Trinajstić information content (AvgIpc) is 2.61. The minimum Gasteiger partial charge on any atom is -0.497 e. The summed E-state index contributed by atoms with van der Waals surface area (Å²) in [4.78, 5) is 4.11. The first-order valence-corrected chi connectivity index (χ1v) is 6.98. The minimum atomic E-state index is -0.961. The maximum absolute atomic E-state index is 9.36. The molecule has 1 aromatic heterocycles. The normalized spacial score (nSPS) is 14.4. The van der Waals surface area contributed by atoms with Crippen LogP contribution in [0.2, 0.25) is 0 Å². The minimum absolute atomic E-state index is 0.0341. The third kappa shape index (κ3) is 2.24. The van der Waals surface area contributed by atoms with Crippen LogP contribution < -0.4 is 15.2 Å². The van der Waals surface area contributed by atoms with Gasteiger partial charge in [-0.2, -0.15) is 20.8 Å². The van der Waals surface area contributed by atoms with Gasteiger partial charge >= 0.3 is 0 Å². The SMILES string of the molecule is COc1ccc2c(c1)Oc1nc(N)c(C#N)cc1C2C(C#N)C#N. The van der Waals surface area contributed by atoms with Gasteiger partial charge in [0.25, 0.3) is 0 Å².